The molecule has 1 rings (SSSR count). The topological polar surface area (TPSA) is 58.6 Å². The Kier molecular flexibility index (Phi) is 6.07. The Morgan fingerprint density at radius 3 is 3.12 bits per heavy atom. The Balaban J connectivity index is 2.13. The first kappa shape index (κ1) is 13.2. The van der Waals surface area contributed by atoms with E-state index in [0.29, 0.717) is 19.6 Å². The first-order chi connectivity index (χ1) is 7.74. The highest BCUT2D eigenvalue weighted by atomic mass is 32.1. The molecule has 1 heterocycles. The molecule has 1 aromatic heterocycles. The quantitative estimate of drug-likeness (QED) is 0.759. The molecule has 0 fully saturated rings. The molecule has 1 atom stereocenters. The van der Waals surface area contributed by atoms with Crippen molar-refractivity contribution in [3.63, 3.8) is 0 Å². The summed E-state index contributed by atoms with van der Waals surface area (Å²) in [5.41, 5.74) is 0.907. The zero-order valence-electron chi connectivity index (χ0n) is 9.31. The second kappa shape index (κ2) is 7.38. The second-order valence-electron chi connectivity index (χ2n) is 3.35. The average molecular weight is 243 g/mol. The molecule has 90 valence electrons. The number of hydrogen-bond donors (Lipinski definition) is 2. The normalized spacial score (nSPS) is 12.4. The summed E-state index contributed by atoms with van der Waals surface area (Å²) in [6.45, 7) is 2.92. The molecule has 1 aromatic rings. The van der Waals surface area contributed by atoms with Crippen molar-refractivity contribution in [3.05, 3.63) is 22.4 Å². The van der Waals surface area contributed by atoms with E-state index in [2.05, 4.69) is 5.32 Å². The molecule has 0 saturated heterocycles. The molecule has 0 bridgehead atoms. The molecular weight excluding hydrogens is 226 g/mol. The van der Waals surface area contributed by atoms with Crippen molar-refractivity contribution < 1.29 is 14.6 Å². The molecule has 0 aliphatic rings. The number of nitrogens with one attached hydrogen (secondary N) is 1. The number of amides is 1. The van der Waals surface area contributed by atoms with Crippen LogP contribution in [0.5, 0.6) is 0 Å². The van der Waals surface area contributed by atoms with E-state index in [9.17, 15) is 9.90 Å². The summed E-state index contributed by atoms with van der Waals surface area (Å²) in [5, 5.41) is 16.2. The number of rotatable bonds is 7. The van der Waals surface area contributed by atoms with Gasteiger partial charge < -0.3 is 15.2 Å². The van der Waals surface area contributed by atoms with Crippen molar-refractivity contribution in [2.24, 2.45) is 0 Å². The Morgan fingerprint density at radius 2 is 2.50 bits per heavy atom. The van der Waals surface area contributed by atoms with Gasteiger partial charge in [0, 0.05) is 13.2 Å². The highest BCUT2D eigenvalue weighted by Gasteiger charge is 2.08. The van der Waals surface area contributed by atoms with E-state index >= 15 is 0 Å². The van der Waals surface area contributed by atoms with Gasteiger partial charge in [0.1, 0.15) is 6.61 Å². The Labute approximate surface area is 99.2 Å². The lowest BCUT2D eigenvalue weighted by Gasteiger charge is -2.09. The van der Waals surface area contributed by atoms with E-state index in [1.807, 2.05) is 23.8 Å². The number of thiophene rings is 1. The fourth-order valence-electron chi connectivity index (χ4n) is 1.23. The number of aliphatic hydroxyl groups is 1. The number of aliphatic hydroxyl groups excluding tert-OH is 1. The summed E-state index contributed by atoms with van der Waals surface area (Å²) in [6.07, 6.45) is 0.0212. The molecule has 16 heavy (non-hydrogen) atoms. The van der Waals surface area contributed by atoms with Crippen molar-refractivity contribution in [2.75, 3.05) is 19.8 Å². The predicted molar refractivity (Wildman–Crippen MR) is 63.4 cm³/mol. The van der Waals surface area contributed by atoms with E-state index in [-0.39, 0.29) is 12.5 Å². The lowest BCUT2D eigenvalue weighted by Crippen LogP contribution is -2.29. The third-order valence-corrected chi connectivity index (χ3v) is 2.81. The minimum Gasteiger partial charge on any atom is -0.388 e. The zero-order valence-corrected chi connectivity index (χ0v) is 10.1. The molecule has 0 spiro atoms. The number of carbonyl (C=O) groups is 1. The van der Waals surface area contributed by atoms with Crippen LogP contribution in [-0.2, 0) is 9.53 Å². The van der Waals surface area contributed by atoms with E-state index < -0.39 is 6.10 Å². The molecule has 2 N–H and O–H groups in total. The van der Waals surface area contributed by atoms with Crippen LogP contribution in [0.1, 0.15) is 25.0 Å². The van der Waals surface area contributed by atoms with E-state index in [1.54, 1.807) is 11.3 Å². The van der Waals surface area contributed by atoms with Gasteiger partial charge in [0.2, 0.25) is 5.91 Å². The van der Waals surface area contributed by atoms with Crippen LogP contribution in [0, 0.1) is 0 Å². The van der Waals surface area contributed by atoms with Gasteiger partial charge >= 0.3 is 0 Å². The molecule has 0 aliphatic carbocycles. The summed E-state index contributed by atoms with van der Waals surface area (Å²) in [5.74, 6) is -0.139. The van der Waals surface area contributed by atoms with Crippen LogP contribution in [-0.4, -0.2) is 30.8 Å². The van der Waals surface area contributed by atoms with Gasteiger partial charge in [0.15, 0.2) is 0 Å². The van der Waals surface area contributed by atoms with Gasteiger partial charge in [-0.2, -0.15) is 11.3 Å². The maximum Gasteiger partial charge on any atom is 0.245 e. The van der Waals surface area contributed by atoms with Gasteiger partial charge in [0.25, 0.3) is 0 Å². The zero-order chi connectivity index (χ0) is 11.8. The van der Waals surface area contributed by atoms with Crippen molar-refractivity contribution in [2.45, 2.75) is 19.4 Å². The maximum absolute atomic E-state index is 11.2. The minimum absolute atomic E-state index is 0.0883. The standard InChI is InChI=1S/C11H17NO3S/c1-2-15-7-11(14)12-5-3-10(13)9-4-6-16-8-9/h4,6,8,10,13H,2-3,5,7H2,1H3,(H,12,14). The third kappa shape index (κ3) is 4.74. The van der Waals surface area contributed by atoms with Crippen LogP contribution in [0.4, 0.5) is 0 Å². The molecule has 0 aromatic carbocycles. The van der Waals surface area contributed by atoms with Gasteiger partial charge in [-0.3, -0.25) is 4.79 Å². The summed E-state index contributed by atoms with van der Waals surface area (Å²) in [7, 11) is 0. The van der Waals surface area contributed by atoms with Gasteiger partial charge in [0.05, 0.1) is 6.10 Å². The molecule has 0 radical (unpaired) electrons. The Morgan fingerprint density at radius 1 is 1.69 bits per heavy atom. The number of hydrogen-bond acceptors (Lipinski definition) is 4. The monoisotopic (exact) mass is 243 g/mol. The lowest BCUT2D eigenvalue weighted by molar-refractivity contribution is -0.125. The average Bonchev–Trinajstić information content (AvgIpc) is 2.79. The Bertz CT molecular complexity index is 300. The molecule has 5 heteroatoms. The summed E-state index contributed by atoms with van der Waals surface area (Å²) in [6, 6.07) is 1.89. The van der Waals surface area contributed by atoms with Crippen molar-refractivity contribution in [3.8, 4) is 0 Å². The second-order valence-corrected chi connectivity index (χ2v) is 4.13. The molecule has 1 unspecified atom stereocenters. The largest absolute Gasteiger partial charge is 0.388 e. The smallest absolute Gasteiger partial charge is 0.245 e. The van der Waals surface area contributed by atoms with E-state index in [0.717, 1.165) is 5.56 Å². The predicted octanol–water partition coefficient (Wildman–Crippen LogP) is 1.32. The molecule has 0 saturated carbocycles. The fraction of sp³-hybridized carbons (Fsp3) is 0.545. The van der Waals surface area contributed by atoms with Crippen molar-refractivity contribution >= 4 is 17.2 Å². The van der Waals surface area contributed by atoms with Crippen LogP contribution in [0.15, 0.2) is 16.8 Å². The van der Waals surface area contributed by atoms with Crippen molar-refractivity contribution in [1.29, 1.82) is 0 Å². The van der Waals surface area contributed by atoms with E-state index in [4.69, 9.17) is 4.74 Å². The molecule has 4 nitrogen and oxygen atoms in total. The fourth-order valence-corrected chi connectivity index (χ4v) is 1.93. The van der Waals surface area contributed by atoms with Gasteiger partial charge in [-0.1, -0.05) is 0 Å². The van der Waals surface area contributed by atoms with E-state index in [1.165, 1.54) is 0 Å². The summed E-state index contributed by atoms with van der Waals surface area (Å²) >= 11 is 1.55. The van der Waals surface area contributed by atoms with Gasteiger partial charge in [-0.25, -0.2) is 0 Å². The molecular formula is C11H17NO3S. The minimum atomic E-state index is -0.501. The van der Waals surface area contributed by atoms with Gasteiger partial charge in [-0.05, 0) is 35.7 Å². The first-order valence-electron chi connectivity index (χ1n) is 5.28. The third-order valence-electron chi connectivity index (χ3n) is 2.11. The maximum atomic E-state index is 11.2. The van der Waals surface area contributed by atoms with Crippen LogP contribution >= 0.6 is 11.3 Å². The highest BCUT2D eigenvalue weighted by Crippen LogP contribution is 2.18. The van der Waals surface area contributed by atoms with Crippen LogP contribution < -0.4 is 5.32 Å². The van der Waals surface area contributed by atoms with Crippen LogP contribution in [0.2, 0.25) is 0 Å². The SMILES string of the molecule is CCOCC(=O)NCCC(O)c1ccsc1. The van der Waals surface area contributed by atoms with Gasteiger partial charge in [-0.15, -0.1) is 0 Å². The summed E-state index contributed by atoms with van der Waals surface area (Å²) in [4.78, 5) is 11.2. The number of ether oxygens (including phenoxy) is 1. The highest BCUT2D eigenvalue weighted by molar-refractivity contribution is 7.07. The summed E-state index contributed by atoms with van der Waals surface area (Å²) < 4.78 is 4.95. The molecule has 0 aliphatic heterocycles. The first-order valence-corrected chi connectivity index (χ1v) is 6.23. The number of carbonyl (C=O) groups excluding carboxylic acids is 1. The lowest BCUT2D eigenvalue weighted by atomic mass is 10.1. The molecule has 1 amide bonds. The van der Waals surface area contributed by atoms with Crippen molar-refractivity contribution in [1.82, 2.24) is 5.32 Å². The van der Waals surface area contributed by atoms with Crippen LogP contribution in [0.25, 0.3) is 0 Å². The Hall–Kier alpha value is -0.910. The van der Waals surface area contributed by atoms with Crippen LogP contribution in [0.3, 0.4) is 0 Å².